The summed E-state index contributed by atoms with van der Waals surface area (Å²) in [5, 5.41) is 10.8. The molecule has 1 aliphatic rings. The fourth-order valence-electron chi connectivity index (χ4n) is 3.98. The topological polar surface area (TPSA) is 120 Å². The van der Waals surface area contributed by atoms with E-state index in [9.17, 15) is 4.79 Å². The third-order valence-electron chi connectivity index (χ3n) is 5.57. The highest BCUT2D eigenvalue weighted by Gasteiger charge is 2.27. The van der Waals surface area contributed by atoms with Gasteiger partial charge in [-0.3, -0.25) is 13.9 Å². The van der Waals surface area contributed by atoms with Gasteiger partial charge in [-0.05, 0) is 12.5 Å². The van der Waals surface area contributed by atoms with Crippen molar-refractivity contribution in [1.82, 2.24) is 29.1 Å². The Kier molecular flexibility index (Phi) is 5.85. The molecule has 5 rings (SSSR count). The zero-order valence-electron chi connectivity index (χ0n) is 20.1. The predicted octanol–water partition coefficient (Wildman–Crippen LogP) is 4.07. The summed E-state index contributed by atoms with van der Waals surface area (Å²) < 4.78 is 15.3. The number of ether oxygens (including phenoxy) is 2. The van der Waals surface area contributed by atoms with Crippen LogP contribution in [0.1, 0.15) is 45.9 Å². The molecular formula is C24H28N8O3. The van der Waals surface area contributed by atoms with Crippen molar-refractivity contribution in [2.24, 2.45) is 0 Å². The summed E-state index contributed by atoms with van der Waals surface area (Å²) in [6.07, 6.45) is 7.73. The standard InChI is InChI=1S/C24H28N8O3/c1-15(33)27-20-9-17(5-7-25-20)35-18-11-26-23-29-22(13-31(23)12-18)28-21-10-19(24(2,3)4)32(30-21)16-6-8-34-14-16/h5,7,9-13,16H,6,8,14H2,1-4H3,(H,28,30)(H,25,27,33)/t16-/m0/s1. The minimum Gasteiger partial charge on any atom is -0.454 e. The normalized spacial score (nSPS) is 15.9. The van der Waals surface area contributed by atoms with E-state index >= 15 is 0 Å². The van der Waals surface area contributed by atoms with Crippen LogP contribution in [-0.4, -0.2) is 48.3 Å². The molecule has 1 saturated heterocycles. The molecular weight excluding hydrogens is 448 g/mol. The first kappa shape index (κ1) is 22.8. The highest BCUT2D eigenvalue weighted by Crippen LogP contribution is 2.31. The van der Waals surface area contributed by atoms with E-state index < -0.39 is 0 Å². The van der Waals surface area contributed by atoms with Gasteiger partial charge in [-0.2, -0.15) is 10.1 Å². The van der Waals surface area contributed by atoms with Crippen LogP contribution in [0.4, 0.5) is 17.5 Å². The van der Waals surface area contributed by atoms with Crippen LogP contribution < -0.4 is 15.4 Å². The van der Waals surface area contributed by atoms with Crippen LogP contribution in [-0.2, 0) is 14.9 Å². The van der Waals surface area contributed by atoms with E-state index in [1.54, 1.807) is 35.1 Å². The average molecular weight is 477 g/mol. The van der Waals surface area contributed by atoms with E-state index in [-0.39, 0.29) is 17.4 Å². The smallest absolute Gasteiger partial charge is 0.235 e. The summed E-state index contributed by atoms with van der Waals surface area (Å²) in [7, 11) is 0. The zero-order valence-corrected chi connectivity index (χ0v) is 20.1. The molecule has 0 aliphatic carbocycles. The minimum atomic E-state index is -0.202. The second-order valence-electron chi connectivity index (χ2n) is 9.53. The van der Waals surface area contributed by atoms with Gasteiger partial charge in [0.1, 0.15) is 11.6 Å². The number of hydrogen-bond acceptors (Lipinski definition) is 8. The molecule has 182 valence electrons. The third-order valence-corrected chi connectivity index (χ3v) is 5.57. The summed E-state index contributed by atoms with van der Waals surface area (Å²) in [6, 6.07) is 5.65. The Morgan fingerprint density at radius 2 is 2.00 bits per heavy atom. The second kappa shape index (κ2) is 8.99. The number of hydrogen-bond donors (Lipinski definition) is 2. The summed E-state index contributed by atoms with van der Waals surface area (Å²) >= 11 is 0. The number of imidazole rings is 1. The van der Waals surface area contributed by atoms with E-state index in [4.69, 9.17) is 14.6 Å². The number of carbonyl (C=O) groups is 1. The van der Waals surface area contributed by atoms with Crippen LogP contribution >= 0.6 is 0 Å². The zero-order chi connectivity index (χ0) is 24.6. The number of aromatic nitrogens is 6. The van der Waals surface area contributed by atoms with Crippen molar-refractivity contribution in [3.8, 4) is 11.5 Å². The monoisotopic (exact) mass is 476 g/mol. The van der Waals surface area contributed by atoms with Crippen molar-refractivity contribution in [2.45, 2.75) is 45.6 Å². The molecule has 0 saturated carbocycles. The van der Waals surface area contributed by atoms with Crippen LogP contribution in [0.5, 0.6) is 11.5 Å². The van der Waals surface area contributed by atoms with E-state index in [2.05, 4.69) is 57.1 Å². The predicted molar refractivity (Wildman–Crippen MR) is 130 cm³/mol. The maximum Gasteiger partial charge on any atom is 0.235 e. The van der Waals surface area contributed by atoms with Crippen molar-refractivity contribution >= 4 is 29.1 Å². The number of pyridine rings is 1. The van der Waals surface area contributed by atoms with Crippen molar-refractivity contribution < 1.29 is 14.3 Å². The average Bonchev–Trinajstić information content (AvgIpc) is 3.52. The Balaban J connectivity index is 1.36. The van der Waals surface area contributed by atoms with Crippen LogP contribution in [0.25, 0.3) is 5.78 Å². The van der Waals surface area contributed by atoms with Crippen LogP contribution in [0.15, 0.2) is 43.0 Å². The molecule has 0 unspecified atom stereocenters. The highest BCUT2D eigenvalue weighted by atomic mass is 16.5. The summed E-state index contributed by atoms with van der Waals surface area (Å²) in [6.45, 7) is 9.40. The quantitative estimate of drug-likeness (QED) is 0.427. The second-order valence-corrected chi connectivity index (χ2v) is 9.53. The van der Waals surface area contributed by atoms with Crippen LogP contribution in [0, 0.1) is 0 Å². The fraction of sp³-hybridized carbons (Fsp3) is 0.375. The highest BCUT2D eigenvalue weighted by molar-refractivity contribution is 5.87. The van der Waals surface area contributed by atoms with Gasteiger partial charge < -0.3 is 20.1 Å². The van der Waals surface area contributed by atoms with E-state index in [1.807, 2.05) is 6.20 Å². The lowest BCUT2D eigenvalue weighted by Gasteiger charge is -2.22. The summed E-state index contributed by atoms with van der Waals surface area (Å²) in [4.78, 5) is 24.3. The van der Waals surface area contributed by atoms with Crippen LogP contribution in [0.2, 0.25) is 0 Å². The molecule has 0 radical (unpaired) electrons. The number of nitrogens with zero attached hydrogens (tertiary/aromatic N) is 6. The van der Waals surface area contributed by atoms with Crippen molar-refractivity contribution in [3.05, 3.63) is 48.7 Å². The van der Waals surface area contributed by atoms with Gasteiger partial charge in [0.2, 0.25) is 11.7 Å². The lowest BCUT2D eigenvalue weighted by molar-refractivity contribution is -0.114. The van der Waals surface area contributed by atoms with Gasteiger partial charge in [0.15, 0.2) is 17.4 Å². The molecule has 1 atom stereocenters. The lowest BCUT2D eigenvalue weighted by atomic mass is 9.91. The van der Waals surface area contributed by atoms with Gasteiger partial charge in [-0.1, -0.05) is 20.8 Å². The van der Waals surface area contributed by atoms with Crippen molar-refractivity contribution in [1.29, 1.82) is 0 Å². The number of anilines is 3. The minimum absolute atomic E-state index is 0.0605. The van der Waals surface area contributed by atoms with Crippen molar-refractivity contribution in [3.63, 3.8) is 0 Å². The fourth-order valence-corrected chi connectivity index (χ4v) is 3.98. The molecule has 11 nitrogen and oxygen atoms in total. The Labute approximate surface area is 202 Å². The number of rotatable bonds is 6. The molecule has 2 N–H and O–H groups in total. The van der Waals surface area contributed by atoms with E-state index in [0.717, 1.165) is 24.5 Å². The molecule has 35 heavy (non-hydrogen) atoms. The Morgan fingerprint density at radius 1 is 1.14 bits per heavy atom. The number of fused-ring (bicyclic) bond motifs is 1. The molecule has 4 aromatic rings. The lowest BCUT2D eigenvalue weighted by Crippen LogP contribution is -2.22. The molecule has 0 aromatic carbocycles. The Bertz CT molecular complexity index is 1360. The van der Waals surface area contributed by atoms with Gasteiger partial charge >= 0.3 is 0 Å². The number of nitrogens with one attached hydrogen (secondary N) is 2. The molecule has 0 bridgehead atoms. The van der Waals surface area contributed by atoms with Gasteiger partial charge in [-0.25, -0.2) is 9.97 Å². The van der Waals surface area contributed by atoms with E-state index in [0.29, 0.717) is 35.5 Å². The third kappa shape index (κ3) is 5.09. The van der Waals surface area contributed by atoms with Gasteiger partial charge in [0.05, 0.1) is 31.2 Å². The summed E-state index contributed by atoms with van der Waals surface area (Å²) in [5.74, 6) is 3.13. The largest absolute Gasteiger partial charge is 0.454 e. The van der Waals surface area contributed by atoms with E-state index in [1.165, 1.54) is 6.92 Å². The number of amides is 1. The maximum atomic E-state index is 11.3. The van der Waals surface area contributed by atoms with Gasteiger partial charge in [0, 0.05) is 43.0 Å². The molecule has 1 aliphatic heterocycles. The van der Waals surface area contributed by atoms with Crippen LogP contribution in [0.3, 0.4) is 0 Å². The first-order chi connectivity index (χ1) is 16.7. The Hall–Kier alpha value is -3.99. The number of carbonyl (C=O) groups excluding carboxylic acids is 1. The first-order valence-corrected chi connectivity index (χ1v) is 11.5. The molecule has 0 spiro atoms. The molecule has 5 heterocycles. The van der Waals surface area contributed by atoms with Gasteiger partial charge in [-0.15, -0.1) is 0 Å². The maximum absolute atomic E-state index is 11.3. The van der Waals surface area contributed by atoms with Gasteiger partial charge in [0.25, 0.3) is 0 Å². The molecule has 11 heteroatoms. The van der Waals surface area contributed by atoms with Crippen molar-refractivity contribution in [2.75, 3.05) is 23.8 Å². The SMILES string of the molecule is CC(=O)Nc1cc(Oc2cnc3nc(Nc4cc(C(C)(C)C)n([C@H]5CCOC5)n4)cn3c2)ccn1. The summed E-state index contributed by atoms with van der Waals surface area (Å²) in [5.41, 5.74) is 1.08. The Morgan fingerprint density at radius 3 is 2.74 bits per heavy atom. The molecule has 4 aromatic heterocycles. The molecule has 1 fully saturated rings. The molecule has 1 amide bonds. The first-order valence-electron chi connectivity index (χ1n) is 11.5.